The van der Waals surface area contributed by atoms with E-state index in [1.165, 1.54) is 0 Å². The van der Waals surface area contributed by atoms with Gasteiger partial charge in [-0.05, 0) is 37.3 Å². The van der Waals surface area contributed by atoms with Crippen molar-refractivity contribution < 1.29 is 5.11 Å². The molecule has 1 aromatic heterocycles. The lowest BCUT2D eigenvalue weighted by Gasteiger charge is -2.13. The first-order valence-electron chi connectivity index (χ1n) is 5.40. The molecule has 5 heteroatoms. The summed E-state index contributed by atoms with van der Waals surface area (Å²) in [5.41, 5.74) is 1.98. The van der Waals surface area contributed by atoms with Crippen molar-refractivity contribution >= 4 is 17.4 Å². The predicted octanol–water partition coefficient (Wildman–Crippen LogP) is 2.18. The fourth-order valence-electron chi connectivity index (χ4n) is 1.34. The highest BCUT2D eigenvalue weighted by atomic mass is 35.5. The molecule has 0 saturated carbocycles. The van der Waals surface area contributed by atoms with Gasteiger partial charge in [-0.25, -0.2) is 0 Å². The molecule has 0 radical (unpaired) electrons. The van der Waals surface area contributed by atoms with Gasteiger partial charge in [-0.3, -0.25) is 0 Å². The topological polar surface area (TPSA) is 58.0 Å². The maximum Gasteiger partial charge on any atom is 0.155 e. The molecule has 90 valence electrons. The summed E-state index contributed by atoms with van der Waals surface area (Å²) in [5, 5.41) is 20.4. The maximum absolute atomic E-state index is 8.80. The number of aliphatic hydroxyl groups excluding tert-OH is 1. The molecule has 0 aromatic carbocycles. The van der Waals surface area contributed by atoms with Crippen molar-refractivity contribution in [2.24, 2.45) is 5.92 Å². The Labute approximate surface area is 101 Å². The fourth-order valence-corrected chi connectivity index (χ4v) is 1.52. The second-order valence-electron chi connectivity index (χ2n) is 4.09. The van der Waals surface area contributed by atoms with Gasteiger partial charge in [0.1, 0.15) is 0 Å². The van der Waals surface area contributed by atoms with E-state index >= 15 is 0 Å². The van der Waals surface area contributed by atoms with Crippen molar-refractivity contribution in [1.29, 1.82) is 0 Å². The Morgan fingerprint density at radius 3 is 2.62 bits per heavy atom. The zero-order valence-electron chi connectivity index (χ0n) is 9.92. The van der Waals surface area contributed by atoms with Gasteiger partial charge in [-0.2, -0.15) is 0 Å². The molecule has 1 rings (SSSR count). The van der Waals surface area contributed by atoms with Crippen LogP contribution in [-0.4, -0.2) is 28.5 Å². The molecule has 0 aliphatic carbocycles. The van der Waals surface area contributed by atoms with E-state index in [1.54, 1.807) is 0 Å². The van der Waals surface area contributed by atoms with Gasteiger partial charge < -0.3 is 10.4 Å². The Hall–Kier alpha value is -0.870. The average molecular weight is 244 g/mol. The zero-order valence-corrected chi connectivity index (χ0v) is 10.7. The molecular formula is C11H18ClN3O. The van der Waals surface area contributed by atoms with E-state index in [9.17, 15) is 0 Å². The first-order chi connectivity index (χ1) is 7.56. The Bertz CT molecular complexity index is 357. The number of hydrogen-bond acceptors (Lipinski definition) is 4. The van der Waals surface area contributed by atoms with Crippen molar-refractivity contribution in [2.45, 2.75) is 27.2 Å². The van der Waals surface area contributed by atoms with Gasteiger partial charge in [-0.15, -0.1) is 10.2 Å². The normalized spacial score (nSPS) is 12.6. The third kappa shape index (κ3) is 3.32. The van der Waals surface area contributed by atoms with Gasteiger partial charge in [0, 0.05) is 13.2 Å². The van der Waals surface area contributed by atoms with Crippen LogP contribution in [-0.2, 0) is 0 Å². The lowest BCUT2D eigenvalue weighted by atomic mass is 10.1. The Balaban J connectivity index is 2.64. The van der Waals surface area contributed by atoms with Crippen LogP contribution in [0.4, 0.5) is 5.82 Å². The number of anilines is 1. The van der Waals surface area contributed by atoms with Crippen LogP contribution in [0.1, 0.15) is 24.5 Å². The maximum atomic E-state index is 8.80. The molecule has 0 aliphatic rings. The average Bonchev–Trinajstić information content (AvgIpc) is 2.25. The number of aromatic nitrogens is 2. The Morgan fingerprint density at radius 2 is 2.00 bits per heavy atom. The van der Waals surface area contributed by atoms with E-state index in [0.717, 1.165) is 29.9 Å². The van der Waals surface area contributed by atoms with Crippen LogP contribution < -0.4 is 5.32 Å². The van der Waals surface area contributed by atoms with Gasteiger partial charge >= 0.3 is 0 Å². The molecule has 0 saturated heterocycles. The number of nitrogens with zero attached hydrogens (tertiary/aromatic N) is 2. The SMILES string of the molecule is Cc1c(Cl)nnc(NCC(C)CCO)c1C. The summed E-state index contributed by atoms with van der Waals surface area (Å²) in [4.78, 5) is 0. The Kier molecular flexibility index (Phi) is 4.96. The lowest BCUT2D eigenvalue weighted by molar-refractivity contribution is 0.266. The van der Waals surface area contributed by atoms with Gasteiger partial charge in [-0.1, -0.05) is 18.5 Å². The highest BCUT2D eigenvalue weighted by molar-refractivity contribution is 6.30. The minimum Gasteiger partial charge on any atom is -0.396 e. The molecule has 0 bridgehead atoms. The minimum absolute atomic E-state index is 0.215. The van der Waals surface area contributed by atoms with Crippen molar-refractivity contribution in [3.05, 3.63) is 16.3 Å². The van der Waals surface area contributed by atoms with Crippen molar-refractivity contribution in [3.8, 4) is 0 Å². The summed E-state index contributed by atoms with van der Waals surface area (Å²) in [6, 6.07) is 0. The summed E-state index contributed by atoms with van der Waals surface area (Å²) in [7, 11) is 0. The highest BCUT2D eigenvalue weighted by Crippen LogP contribution is 2.20. The molecule has 1 heterocycles. The summed E-state index contributed by atoms with van der Waals surface area (Å²) in [6.45, 7) is 6.96. The number of nitrogens with one attached hydrogen (secondary N) is 1. The number of hydrogen-bond donors (Lipinski definition) is 2. The van der Waals surface area contributed by atoms with Crippen LogP contribution in [0, 0.1) is 19.8 Å². The summed E-state index contributed by atoms with van der Waals surface area (Å²) in [5.74, 6) is 1.17. The molecule has 4 nitrogen and oxygen atoms in total. The largest absolute Gasteiger partial charge is 0.396 e. The molecule has 0 amide bonds. The first kappa shape index (κ1) is 13.2. The zero-order chi connectivity index (χ0) is 12.1. The molecule has 1 unspecified atom stereocenters. The van der Waals surface area contributed by atoms with Crippen LogP contribution in [0.2, 0.25) is 5.15 Å². The van der Waals surface area contributed by atoms with Gasteiger partial charge in [0.25, 0.3) is 0 Å². The second kappa shape index (κ2) is 6.01. The third-order valence-corrected chi connectivity index (χ3v) is 3.06. The molecule has 16 heavy (non-hydrogen) atoms. The van der Waals surface area contributed by atoms with Crippen molar-refractivity contribution in [1.82, 2.24) is 10.2 Å². The van der Waals surface area contributed by atoms with E-state index in [2.05, 4.69) is 22.4 Å². The van der Waals surface area contributed by atoms with Gasteiger partial charge in [0.05, 0.1) is 0 Å². The second-order valence-corrected chi connectivity index (χ2v) is 4.45. The molecule has 0 fully saturated rings. The summed E-state index contributed by atoms with van der Waals surface area (Å²) in [6.07, 6.45) is 0.784. The number of aliphatic hydroxyl groups is 1. The fraction of sp³-hybridized carbons (Fsp3) is 0.636. The molecule has 1 atom stereocenters. The Morgan fingerprint density at radius 1 is 1.31 bits per heavy atom. The monoisotopic (exact) mass is 243 g/mol. The van der Waals surface area contributed by atoms with E-state index in [-0.39, 0.29) is 6.61 Å². The standard InChI is InChI=1S/C11H18ClN3O/c1-7(4-5-16)6-13-11-9(3)8(2)10(12)14-15-11/h7,16H,4-6H2,1-3H3,(H,13,15). The van der Waals surface area contributed by atoms with Crippen molar-refractivity contribution in [3.63, 3.8) is 0 Å². The highest BCUT2D eigenvalue weighted by Gasteiger charge is 2.08. The van der Waals surface area contributed by atoms with Crippen LogP contribution in [0.15, 0.2) is 0 Å². The quantitative estimate of drug-likeness (QED) is 0.832. The van der Waals surface area contributed by atoms with Gasteiger partial charge in [0.2, 0.25) is 0 Å². The number of rotatable bonds is 5. The molecular weight excluding hydrogens is 226 g/mol. The summed E-state index contributed by atoms with van der Waals surface area (Å²) < 4.78 is 0. The predicted molar refractivity (Wildman–Crippen MR) is 65.9 cm³/mol. The summed E-state index contributed by atoms with van der Waals surface area (Å²) >= 11 is 5.86. The van der Waals surface area contributed by atoms with E-state index < -0.39 is 0 Å². The van der Waals surface area contributed by atoms with Crippen LogP contribution >= 0.6 is 11.6 Å². The lowest BCUT2D eigenvalue weighted by Crippen LogP contribution is -2.15. The van der Waals surface area contributed by atoms with E-state index in [4.69, 9.17) is 16.7 Å². The smallest absolute Gasteiger partial charge is 0.155 e. The first-order valence-corrected chi connectivity index (χ1v) is 5.78. The van der Waals surface area contributed by atoms with E-state index in [1.807, 2.05) is 13.8 Å². The van der Waals surface area contributed by atoms with E-state index in [0.29, 0.717) is 11.1 Å². The molecule has 0 aliphatic heterocycles. The van der Waals surface area contributed by atoms with Crippen LogP contribution in [0.25, 0.3) is 0 Å². The van der Waals surface area contributed by atoms with Crippen molar-refractivity contribution in [2.75, 3.05) is 18.5 Å². The molecule has 0 spiro atoms. The molecule has 2 N–H and O–H groups in total. The number of halogens is 1. The van der Waals surface area contributed by atoms with Crippen LogP contribution in [0.3, 0.4) is 0 Å². The molecule has 1 aromatic rings. The van der Waals surface area contributed by atoms with Gasteiger partial charge in [0.15, 0.2) is 11.0 Å². The third-order valence-electron chi connectivity index (χ3n) is 2.70. The minimum atomic E-state index is 0.215. The van der Waals surface area contributed by atoms with Crippen LogP contribution in [0.5, 0.6) is 0 Å².